The van der Waals surface area contributed by atoms with Crippen LogP contribution in [-0.2, 0) is 17.8 Å². The molecule has 1 aromatic carbocycles. The fraction of sp³-hybridized carbons (Fsp3) is 0.400. The topological polar surface area (TPSA) is 39.1 Å². The molecule has 4 nitrogen and oxygen atoms in total. The van der Waals surface area contributed by atoms with Crippen LogP contribution in [0.1, 0.15) is 22.4 Å². The van der Waals surface area contributed by atoms with Crippen LogP contribution in [0.2, 0.25) is 0 Å². The minimum Gasteiger partial charge on any atom is -0.378 e. The van der Waals surface area contributed by atoms with Crippen molar-refractivity contribution >= 4 is 5.82 Å². The molecule has 2 aromatic rings. The first-order chi connectivity index (χ1) is 9.22. The number of hydrogen-bond donors (Lipinski definition) is 1. The van der Waals surface area contributed by atoms with Crippen LogP contribution < -0.4 is 5.32 Å². The van der Waals surface area contributed by atoms with Gasteiger partial charge in [-0.25, -0.2) is 4.68 Å². The van der Waals surface area contributed by atoms with Crippen molar-refractivity contribution in [2.45, 2.75) is 26.9 Å². The number of nitrogens with zero attached hydrogens (tertiary/aromatic N) is 2. The Kier molecular flexibility index (Phi) is 3.03. The van der Waals surface area contributed by atoms with Crippen LogP contribution in [-0.4, -0.2) is 23.4 Å². The second kappa shape index (κ2) is 4.70. The largest absolute Gasteiger partial charge is 0.378 e. The number of benzene rings is 1. The molecule has 0 unspecified atom stereocenters. The first kappa shape index (κ1) is 12.2. The minimum atomic E-state index is 0.571. The lowest BCUT2D eigenvalue weighted by atomic mass is 10.1. The molecule has 4 heteroatoms. The van der Waals surface area contributed by atoms with Crippen LogP contribution in [0.25, 0.3) is 5.69 Å². The standard InChI is InChI=1S/C15H19N3O/c1-10-5-4-6-14(11(10)2)18-15-12(7-8-16-15)13(17-18)9-19-3/h4-6,16H,7-9H2,1-3H3. The highest BCUT2D eigenvalue weighted by Gasteiger charge is 2.23. The van der Waals surface area contributed by atoms with Gasteiger partial charge in [-0.2, -0.15) is 5.10 Å². The summed E-state index contributed by atoms with van der Waals surface area (Å²) < 4.78 is 7.28. The van der Waals surface area contributed by atoms with Crippen molar-refractivity contribution < 1.29 is 4.74 Å². The predicted molar refractivity (Wildman–Crippen MR) is 75.9 cm³/mol. The monoisotopic (exact) mass is 257 g/mol. The summed E-state index contributed by atoms with van der Waals surface area (Å²) in [5, 5.41) is 8.16. The molecule has 19 heavy (non-hydrogen) atoms. The molecule has 1 aromatic heterocycles. The molecule has 0 amide bonds. The molecule has 0 radical (unpaired) electrons. The number of anilines is 1. The molecule has 0 spiro atoms. The third kappa shape index (κ3) is 1.92. The zero-order chi connectivity index (χ0) is 13.4. The number of fused-ring (bicyclic) bond motifs is 1. The quantitative estimate of drug-likeness (QED) is 0.918. The van der Waals surface area contributed by atoms with Gasteiger partial charge in [-0.3, -0.25) is 0 Å². The highest BCUT2D eigenvalue weighted by Crippen LogP contribution is 2.30. The van der Waals surface area contributed by atoms with E-state index in [9.17, 15) is 0 Å². The Balaban J connectivity index is 2.15. The van der Waals surface area contributed by atoms with Gasteiger partial charge in [-0.15, -0.1) is 0 Å². The van der Waals surface area contributed by atoms with Gasteiger partial charge in [-0.05, 0) is 37.5 Å². The summed E-state index contributed by atoms with van der Waals surface area (Å²) in [6, 6.07) is 6.33. The van der Waals surface area contributed by atoms with Gasteiger partial charge < -0.3 is 10.1 Å². The number of aromatic nitrogens is 2. The van der Waals surface area contributed by atoms with E-state index in [0.29, 0.717) is 6.61 Å². The molecule has 1 aliphatic heterocycles. The lowest BCUT2D eigenvalue weighted by Gasteiger charge is -2.11. The lowest BCUT2D eigenvalue weighted by molar-refractivity contribution is 0.180. The molecule has 0 fully saturated rings. The summed E-state index contributed by atoms with van der Waals surface area (Å²) >= 11 is 0. The first-order valence-electron chi connectivity index (χ1n) is 6.62. The summed E-state index contributed by atoms with van der Waals surface area (Å²) in [7, 11) is 1.71. The summed E-state index contributed by atoms with van der Waals surface area (Å²) in [5.41, 5.74) is 6.04. The Morgan fingerprint density at radius 2 is 2.21 bits per heavy atom. The van der Waals surface area contributed by atoms with Gasteiger partial charge in [0.15, 0.2) is 0 Å². The average molecular weight is 257 g/mol. The van der Waals surface area contributed by atoms with E-state index in [1.165, 1.54) is 16.7 Å². The van der Waals surface area contributed by atoms with E-state index in [4.69, 9.17) is 9.84 Å². The Morgan fingerprint density at radius 1 is 1.37 bits per heavy atom. The van der Waals surface area contributed by atoms with Crippen LogP contribution in [0, 0.1) is 13.8 Å². The lowest BCUT2D eigenvalue weighted by Crippen LogP contribution is -2.07. The second-order valence-corrected chi connectivity index (χ2v) is 5.01. The zero-order valence-corrected chi connectivity index (χ0v) is 11.7. The van der Waals surface area contributed by atoms with Crippen molar-refractivity contribution in [1.82, 2.24) is 9.78 Å². The van der Waals surface area contributed by atoms with E-state index in [1.807, 2.05) is 4.68 Å². The normalized spacial score (nSPS) is 13.4. The molecule has 1 N–H and O–H groups in total. The van der Waals surface area contributed by atoms with Crippen molar-refractivity contribution in [3.63, 3.8) is 0 Å². The Labute approximate surface area is 113 Å². The SMILES string of the molecule is COCc1nn(-c2cccc(C)c2C)c2c1CCN2. The molecule has 0 atom stereocenters. The van der Waals surface area contributed by atoms with Gasteiger partial charge in [0.25, 0.3) is 0 Å². The molecule has 0 saturated heterocycles. The van der Waals surface area contributed by atoms with Gasteiger partial charge in [0.05, 0.1) is 18.0 Å². The fourth-order valence-corrected chi connectivity index (χ4v) is 2.64. The highest BCUT2D eigenvalue weighted by atomic mass is 16.5. The van der Waals surface area contributed by atoms with Gasteiger partial charge in [0.1, 0.15) is 5.82 Å². The molecule has 1 aliphatic rings. The van der Waals surface area contributed by atoms with E-state index < -0.39 is 0 Å². The molecule has 0 bridgehead atoms. The predicted octanol–water partition coefficient (Wildman–Crippen LogP) is 2.60. The number of aryl methyl sites for hydroxylation is 1. The molecular formula is C15H19N3O. The van der Waals surface area contributed by atoms with E-state index in [0.717, 1.165) is 30.2 Å². The maximum atomic E-state index is 5.25. The van der Waals surface area contributed by atoms with Crippen molar-refractivity contribution in [3.05, 3.63) is 40.6 Å². The molecule has 0 saturated carbocycles. The average Bonchev–Trinajstić information content (AvgIpc) is 2.97. The van der Waals surface area contributed by atoms with Crippen LogP contribution >= 0.6 is 0 Å². The maximum absolute atomic E-state index is 5.25. The van der Waals surface area contributed by atoms with Gasteiger partial charge in [0, 0.05) is 19.2 Å². The molecule has 2 heterocycles. The van der Waals surface area contributed by atoms with Crippen LogP contribution in [0.5, 0.6) is 0 Å². The van der Waals surface area contributed by atoms with Crippen molar-refractivity contribution in [2.75, 3.05) is 19.0 Å². The first-order valence-corrected chi connectivity index (χ1v) is 6.62. The van der Waals surface area contributed by atoms with E-state index in [2.05, 4.69) is 37.4 Å². The fourth-order valence-electron chi connectivity index (χ4n) is 2.64. The van der Waals surface area contributed by atoms with Gasteiger partial charge >= 0.3 is 0 Å². The number of methoxy groups -OCH3 is 1. The van der Waals surface area contributed by atoms with Crippen LogP contribution in [0.3, 0.4) is 0 Å². The second-order valence-electron chi connectivity index (χ2n) is 5.01. The van der Waals surface area contributed by atoms with Gasteiger partial charge in [0.2, 0.25) is 0 Å². The van der Waals surface area contributed by atoms with Crippen LogP contribution in [0.15, 0.2) is 18.2 Å². The van der Waals surface area contributed by atoms with Crippen molar-refractivity contribution in [3.8, 4) is 5.69 Å². The minimum absolute atomic E-state index is 0.571. The molecular weight excluding hydrogens is 238 g/mol. The summed E-state index contributed by atoms with van der Waals surface area (Å²) in [6.45, 7) is 5.83. The number of rotatable bonds is 3. The van der Waals surface area contributed by atoms with E-state index in [-0.39, 0.29) is 0 Å². The number of hydrogen-bond acceptors (Lipinski definition) is 3. The molecule has 100 valence electrons. The third-order valence-corrected chi connectivity index (χ3v) is 3.82. The summed E-state index contributed by atoms with van der Waals surface area (Å²) in [6.07, 6.45) is 1.03. The Morgan fingerprint density at radius 3 is 3.00 bits per heavy atom. The van der Waals surface area contributed by atoms with Crippen molar-refractivity contribution in [1.29, 1.82) is 0 Å². The maximum Gasteiger partial charge on any atom is 0.133 e. The zero-order valence-electron chi connectivity index (χ0n) is 11.7. The number of nitrogens with one attached hydrogen (secondary N) is 1. The Bertz CT molecular complexity index is 616. The molecule has 3 rings (SSSR count). The van der Waals surface area contributed by atoms with Gasteiger partial charge in [-0.1, -0.05) is 12.1 Å². The summed E-state index contributed by atoms with van der Waals surface area (Å²) in [4.78, 5) is 0. The van der Waals surface area contributed by atoms with E-state index in [1.54, 1.807) is 7.11 Å². The number of ether oxygens (including phenoxy) is 1. The highest BCUT2D eigenvalue weighted by molar-refractivity contribution is 5.59. The van der Waals surface area contributed by atoms with E-state index >= 15 is 0 Å². The molecule has 0 aliphatic carbocycles. The Hall–Kier alpha value is -1.81. The smallest absolute Gasteiger partial charge is 0.133 e. The van der Waals surface area contributed by atoms with Crippen LogP contribution in [0.4, 0.5) is 5.82 Å². The third-order valence-electron chi connectivity index (χ3n) is 3.82. The summed E-state index contributed by atoms with van der Waals surface area (Å²) in [5.74, 6) is 1.13. The van der Waals surface area contributed by atoms with Crippen molar-refractivity contribution in [2.24, 2.45) is 0 Å².